The van der Waals surface area contributed by atoms with Crippen LogP contribution in [0.2, 0.25) is 0 Å². The minimum absolute atomic E-state index is 0.229. The number of aliphatic carboxylic acids is 1. The third kappa shape index (κ3) is 1.68. The predicted molar refractivity (Wildman–Crippen MR) is 74.6 cm³/mol. The number of rotatable bonds is 2. The number of aryl methyl sites for hydroxylation is 1. The molecular formula is C16H18O4. The van der Waals surface area contributed by atoms with Gasteiger partial charge in [-0.1, -0.05) is 13.0 Å². The van der Waals surface area contributed by atoms with Crippen LogP contribution in [-0.4, -0.2) is 29.4 Å². The van der Waals surface area contributed by atoms with E-state index < -0.39 is 17.5 Å². The molecule has 4 nitrogen and oxygen atoms in total. The first-order valence-corrected chi connectivity index (χ1v) is 6.79. The summed E-state index contributed by atoms with van der Waals surface area (Å²) >= 11 is 0. The van der Waals surface area contributed by atoms with Crippen molar-refractivity contribution in [1.82, 2.24) is 0 Å². The molecule has 0 amide bonds. The maximum absolute atomic E-state index is 11.5. The third-order valence-electron chi connectivity index (χ3n) is 4.76. The molecule has 0 radical (unpaired) electrons. The second-order valence-electron chi connectivity index (χ2n) is 5.82. The van der Waals surface area contributed by atoms with E-state index in [2.05, 4.69) is 0 Å². The normalized spacial score (nSPS) is 28.1. The number of fused-ring (bicyclic) bond motifs is 3. The summed E-state index contributed by atoms with van der Waals surface area (Å²) in [7, 11) is 1.62. The van der Waals surface area contributed by atoms with Crippen LogP contribution >= 0.6 is 0 Å². The molecule has 106 valence electrons. The van der Waals surface area contributed by atoms with Crippen LogP contribution in [0.15, 0.2) is 23.8 Å². The van der Waals surface area contributed by atoms with Gasteiger partial charge in [0.25, 0.3) is 0 Å². The zero-order valence-corrected chi connectivity index (χ0v) is 11.6. The van der Waals surface area contributed by atoms with E-state index in [9.17, 15) is 15.0 Å². The van der Waals surface area contributed by atoms with Crippen molar-refractivity contribution in [3.8, 4) is 5.75 Å². The van der Waals surface area contributed by atoms with E-state index >= 15 is 0 Å². The molecule has 2 N–H and O–H groups in total. The molecule has 0 heterocycles. The molecule has 1 aromatic rings. The van der Waals surface area contributed by atoms with Crippen molar-refractivity contribution in [2.45, 2.75) is 32.3 Å². The van der Waals surface area contributed by atoms with E-state index in [1.165, 1.54) is 0 Å². The van der Waals surface area contributed by atoms with E-state index in [-0.39, 0.29) is 6.42 Å². The highest BCUT2D eigenvalue weighted by molar-refractivity contribution is 6.00. The van der Waals surface area contributed by atoms with Gasteiger partial charge in [-0.25, -0.2) is 4.79 Å². The Balaban J connectivity index is 2.22. The Kier molecular flexibility index (Phi) is 2.87. The molecule has 2 aliphatic rings. The van der Waals surface area contributed by atoms with Crippen molar-refractivity contribution in [2.75, 3.05) is 7.11 Å². The highest BCUT2D eigenvalue weighted by Gasteiger charge is 2.48. The number of aliphatic hydroxyl groups excluding tert-OH is 1. The molecule has 0 fully saturated rings. The van der Waals surface area contributed by atoms with Gasteiger partial charge in [0.15, 0.2) is 0 Å². The topological polar surface area (TPSA) is 66.8 Å². The van der Waals surface area contributed by atoms with Gasteiger partial charge in [-0.05, 0) is 41.7 Å². The van der Waals surface area contributed by atoms with Crippen LogP contribution in [0, 0.1) is 5.41 Å². The molecule has 0 spiro atoms. The van der Waals surface area contributed by atoms with Crippen molar-refractivity contribution < 1.29 is 19.7 Å². The SMILES string of the molecule is COc1ccc2c(c1)CCC1(C)C2=C(C(=O)O)CC1O. The second-order valence-corrected chi connectivity index (χ2v) is 5.82. The van der Waals surface area contributed by atoms with Crippen molar-refractivity contribution in [2.24, 2.45) is 5.41 Å². The maximum Gasteiger partial charge on any atom is 0.331 e. The van der Waals surface area contributed by atoms with Crippen LogP contribution in [0.1, 0.15) is 30.9 Å². The van der Waals surface area contributed by atoms with Crippen molar-refractivity contribution in [3.63, 3.8) is 0 Å². The van der Waals surface area contributed by atoms with Crippen LogP contribution in [-0.2, 0) is 11.2 Å². The summed E-state index contributed by atoms with van der Waals surface area (Å²) in [6.07, 6.45) is 1.21. The molecule has 2 atom stereocenters. The van der Waals surface area contributed by atoms with Crippen LogP contribution in [0.4, 0.5) is 0 Å². The molecule has 0 saturated carbocycles. The first kappa shape index (κ1) is 13.2. The molecule has 0 aromatic heterocycles. The number of aliphatic hydroxyl groups is 1. The van der Waals surface area contributed by atoms with E-state index in [4.69, 9.17) is 4.74 Å². The van der Waals surface area contributed by atoms with Crippen molar-refractivity contribution in [3.05, 3.63) is 34.9 Å². The van der Waals surface area contributed by atoms with E-state index in [1.54, 1.807) is 7.11 Å². The van der Waals surface area contributed by atoms with E-state index in [1.807, 2.05) is 25.1 Å². The van der Waals surface area contributed by atoms with Gasteiger partial charge >= 0.3 is 5.97 Å². The number of carboxylic acid groups (broad SMARTS) is 1. The molecule has 3 rings (SSSR count). The zero-order chi connectivity index (χ0) is 14.5. The van der Waals surface area contributed by atoms with Gasteiger partial charge in [-0.2, -0.15) is 0 Å². The lowest BCUT2D eigenvalue weighted by atomic mass is 9.68. The van der Waals surface area contributed by atoms with Crippen LogP contribution in [0.25, 0.3) is 5.57 Å². The summed E-state index contributed by atoms with van der Waals surface area (Å²) in [5.74, 6) is -0.144. The fraction of sp³-hybridized carbons (Fsp3) is 0.438. The van der Waals surface area contributed by atoms with Crippen LogP contribution in [0.5, 0.6) is 5.75 Å². The molecule has 1 aromatic carbocycles. The van der Waals surface area contributed by atoms with Gasteiger partial charge in [0, 0.05) is 17.4 Å². The highest BCUT2D eigenvalue weighted by atomic mass is 16.5. The first-order valence-electron chi connectivity index (χ1n) is 6.79. The number of hydrogen-bond donors (Lipinski definition) is 2. The Bertz CT molecular complexity index is 617. The quantitative estimate of drug-likeness (QED) is 0.868. The average Bonchev–Trinajstić information content (AvgIpc) is 2.71. The fourth-order valence-electron chi connectivity index (χ4n) is 3.53. The Morgan fingerprint density at radius 3 is 2.85 bits per heavy atom. The first-order chi connectivity index (χ1) is 9.47. The molecule has 4 heteroatoms. The maximum atomic E-state index is 11.5. The smallest absolute Gasteiger partial charge is 0.331 e. The van der Waals surface area contributed by atoms with Gasteiger partial charge in [0.1, 0.15) is 5.75 Å². The number of carboxylic acids is 1. The fourth-order valence-corrected chi connectivity index (χ4v) is 3.53. The minimum atomic E-state index is -0.925. The Hall–Kier alpha value is -1.81. The Labute approximate surface area is 117 Å². The van der Waals surface area contributed by atoms with Gasteiger partial charge in [0.05, 0.1) is 13.2 Å². The molecule has 2 aliphatic carbocycles. The third-order valence-corrected chi connectivity index (χ3v) is 4.76. The van der Waals surface area contributed by atoms with Crippen LogP contribution in [0.3, 0.4) is 0 Å². The summed E-state index contributed by atoms with van der Waals surface area (Å²) in [5, 5.41) is 19.7. The standard InChI is InChI=1S/C16H18O4/c1-16-6-5-9-7-10(20-2)3-4-11(9)14(16)12(15(18)19)8-13(16)17/h3-4,7,13,17H,5-6,8H2,1-2H3,(H,18,19). The molecule has 0 aliphatic heterocycles. The molecular weight excluding hydrogens is 256 g/mol. The van der Waals surface area contributed by atoms with Gasteiger partial charge in [-0.15, -0.1) is 0 Å². The molecule has 2 unspecified atom stereocenters. The summed E-state index contributed by atoms with van der Waals surface area (Å²) in [6, 6.07) is 5.73. The lowest BCUT2D eigenvalue weighted by molar-refractivity contribution is -0.132. The highest BCUT2D eigenvalue weighted by Crippen LogP contribution is 2.55. The predicted octanol–water partition coefficient (Wildman–Crippen LogP) is 2.25. The largest absolute Gasteiger partial charge is 0.497 e. The van der Waals surface area contributed by atoms with E-state index in [0.29, 0.717) is 5.57 Å². The van der Waals surface area contributed by atoms with Gasteiger partial charge in [-0.3, -0.25) is 0 Å². The molecule has 0 bridgehead atoms. The van der Waals surface area contributed by atoms with Gasteiger partial charge < -0.3 is 14.9 Å². The summed E-state index contributed by atoms with van der Waals surface area (Å²) in [4.78, 5) is 11.5. The lowest BCUT2D eigenvalue weighted by Crippen LogP contribution is -2.32. The van der Waals surface area contributed by atoms with Crippen LogP contribution < -0.4 is 4.74 Å². The van der Waals surface area contributed by atoms with Crippen molar-refractivity contribution >= 4 is 11.5 Å². The van der Waals surface area contributed by atoms with Gasteiger partial charge in [0.2, 0.25) is 0 Å². The molecule has 20 heavy (non-hydrogen) atoms. The lowest BCUT2D eigenvalue weighted by Gasteiger charge is -2.37. The number of methoxy groups -OCH3 is 1. The Morgan fingerprint density at radius 1 is 1.45 bits per heavy atom. The Morgan fingerprint density at radius 2 is 2.20 bits per heavy atom. The summed E-state index contributed by atoms with van der Waals surface area (Å²) in [5.41, 5.74) is 2.76. The number of benzene rings is 1. The molecule has 0 saturated heterocycles. The number of carbonyl (C=O) groups is 1. The minimum Gasteiger partial charge on any atom is -0.497 e. The zero-order valence-electron chi connectivity index (χ0n) is 11.6. The second kappa shape index (κ2) is 4.35. The monoisotopic (exact) mass is 274 g/mol. The number of hydrogen-bond acceptors (Lipinski definition) is 3. The summed E-state index contributed by atoms with van der Waals surface area (Å²) < 4.78 is 5.23. The van der Waals surface area contributed by atoms with Crippen molar-refractivity contribution in [1.29, 1.82) is 0 Å². The van der Waals surface area contributed by atoms with E-state index in [0.717, 1.165) is 35.3 Å². The number of ether oxygens (including phenoxy) is 1. The summed E-state index contributed by atoms with van der Waals surface area (Å²) in [6.45, 7) is 1.97. The average molecular weight is 274 g/mol.